The molecule has 0 saturated carbocycles. The molecular weight excluding hydrogens is 408 g/mol. The maximum Gasteiger partial charge on any atom is 0.513 e. The van der Waals surface area contributed by atoms with Crippen molar-refractivity contribution in [3.05, 3.63) is 36.4 Å². The van der Waals surface area contributed by atoms with Crippen LogP contribution in [0.25, 0.3) is 20.5 Å². The Morgan fingerprint density at radius 3 is 2.33 bits per heavy atom. The fraction of sp³-hybridized carbons (Fsp3) is 0.273. The number of fused-ring (bicyclic) bond motifs is 1. The van der Waals surface area contributed by atoms with E-state index < -0.39 is 6.16 Å². The number of hydrogen-bond donors (Lipinski definition) is 0. The molecular formula is C22H22O7S. The van der Waals surface area contributed by atoms with E-state index in [4.69, 9.17) is 23.7 Å². The Morgan fingerprint density at radius 1 is 0.967 bits per heavy atom. The first kappa shape index (κ1) is 21.4. The second kappa shape index (κ2) is 9.98. The van der Waals surface area contributed by atoms with E-state index in [-0.39, 0.29) is 12.4 Å². The Balaban J connectivity index is 2.00. The van der Waals surface area contributed by atoms with Crippen LogP contribution < -0.4 is 18.9 Å². The highest BCUT2D eigenvalue weighted by molar-refractivity contribution is 7.22. The van der Waals surface area contributed by atoms with Gasteiger partial charge < -0.3 is 23.7 Å². The molecule has 0 bridgehead atoms. The van der Waals surface area contributed by atoms with E-state index in [0.29, 0.717) is 36.9 Å². The lowest BCUT2D eigenvalue weighted by Crippen LogP contribution is -2.09. The first-order chi connectivity index (χ1) is 14.6. The van der Waals surface area contributed by atoms with E-state index in [0.717, 1.165) is 20.5 Å². The summed E-state index contributed by atoms with van der Waals surface area (Å²) in [6.45, 7) is 6.87. The molecule has 0 amide bonds. The maximum atomic E-state index is 11.4. The van der Waals surface area contributed by atoms with Crippen molar-refractivity contribution in [2.24, 2.45) is 0 Å². The minimum Gasteiger partial charge on any atom is -0.490 e. The van der Waals surface area contributed by atoms with Crippen LogP contribution in [0.2, 0.25) is 0 Å². The van der Waals surface area contributed by atoms with Gasteiger partial charge in [-0.1, -0.05) is 0 Å². The molecule has 0 fully saturated rings. The van der Waals surface area contributed by atoms with E-state index in [1.54, 1.807) is 30.4 Å². The predicted octanol–water partition coefficient (Wildman–Crippen LogP) is 5.44. The molecule has 0 aliphatic carbocycles. The summed E-state index contributed by atoms with van der Waals surface area (Å²) in [5.74, 6) is 1.58. The van der Waals surface area contributed by atoms with Gasteiger partial charge in [-0.15, -0.1) is 11.3 Å². The molecule has 0 atom stereocenters. The SMILES string of the molecule is CCOC(=O)Oc1ccc(-c2cc3c(OCC)c(OC=O)c(OCC)cc3s2)cc1. The summed E-state index contributed by atoms with van der Waals surface area (Å²) in [4.78, 5) is 23.4. The van der Waals surface area contributed by atoms with Crippen LogP contribution in [-0.4, -0.2) is 32.4 Å². The van der Waals surface area contributed by atoms with Crippen molar-refractivity contribution in [1.29, 1.82) is 0 Å². The molecule has 3 rings (SSSR count). The first-order valence-corrected chi connectivity index (χ1v) is 10.3. The fourth-order valence-electron chi connectivity index (χ4n) is 2.89. The Bertz CT molecular complexity index is 1020. The zero-order chi connectivity index (χ0) is 21.5. The Kier molecular flexibility index (Phi) is 7.13. The number of hydrogen-bond acceptors (Lipinski definition) is 8. The minimum absolute atomic E-state index is 0.250. The summed E-state index contributed by atoms with van der Waals surface area (Å²) in [5.41, 5.74) is 0.936. The summed E-state index contributed by atoms with van der Waals surface area (Å²) in [7, 11) is 0. The van der Waals surface area contributed by atoms with Crippen LogP contribution >= 0.6 is 11.3 Å². The Morgan fingerprint density at radius 2 is 1.70 bits per heavy atom. The van der Waals surface area contributed by atoms with Crippen LogP contribution in [0.3, 0.4) is 0 Å². The maximum absolute atomic E-state index is 11.4. The fourth-order valence-corrected chi connectivity index (χ4v) is 3.99. The van der Waals surface area contributed by atoms with Gasteiger partial charge in [0, 0.05) is 21.0 Å². The minimum atomic E-state index is -0.736. The molecule has 0 saturated heterocycles. The van der Waals surface area contributed by atoms with Crippen molar-refractivity contribution in [1.82, 2.24) is 0 Å². The number of thiophene rings is 1. The lowest BCUT2D eigenvalue weighted by Gasteiger charge is -2.14. The molecule has 2 aromatic carbocycles. The van der Waals surface area contributed by atoms with E-state index in [1.807, 2.05) is 38.1 Å². The lowest BCUT2D eigenvalue weighted by molar-refractivity contribution is -0.120. The average Bonchev–Trinajstić information content (AvgIpc) is 3.15. The van der Waals surface area contributed by atoms with Crippen molar-refractivity contribution < 1.29 is 33.3 Å². The highest BCUT2D eigenvalue weighted by Gasteiger charge is 2.20. The molecule has 0 spiro atoms. The normalized spacial score (nSPS) is 10.5. The largest absolute Gasteiger partial charge is 0.513 e. The van der Waals surface area contributed by atoms with E-state index in [1.165, 1.54) is 0 Å². The van der Waals surface area contributed by atoms with Crippen molar-refractivity contribution in [3.8, 4) is 33.4 Å². The molecule has 30 heavy (non-hydrogen) atoms. The molecule has 1 heterocycles. The van der Waals surface area contributed by atoms with Gasteiger partial charge in [0.15, 0.2) is 11.5 Å². The van der Waals surface area contributed by atoms with Crippen LogP contribution in [0.1, 0.15) is 20.8 Å². The van der Waals surface area contributed by atoms with Crippen LogP contribution in [0.4, 0.5) is 4.79 Å². The third-order valence-corrected chi connectivity index (χ3v) is 5.19. The lowest BCUT2D eigenvalue weighted by atomic mass is 10.1. The second-order valence-electron chi connectivity index (χ2n) is 5.94. The summed E-state index contributed by atoms with van der Waals surface area (Å²) in [5, 5.41) is 0.823. The Labute approximate surface area is 178 Å². The van der Waals surface area contributed by atoms with Crippen molar-refractivity contribution >= 4 is 34.1 Å². The van der Waals surface area contributed by atoms with E-state index in [9.17, 15) is 9.59 Å². The molecule has 0 radical (unpaired) electrons. The summed E-state index contributed by atoms with van der Waals surface area (Å²) in [6.07, 6.45) is -0.736. The molecule has 0 aliphatic rings. The van der Waals surface area contributed by atoms with Crippen molar-refractivity contribution in [2.45, 2.75) is 20.8 Å². The third kappa shape index (κ3) is 4.65. The molecule has 158 valence electrons. The number of ether oxygens (including phenoxy) is 5. The second-order valence-corrected chi connectivity index (χ2v) is 7.03. The summed E-state index contributed by atoms with van der Waals surface area (Å²) >= 11 is 1.55. The number of rotatable bonds is 9. The van der Waals surface area contributed by atoms with Crippen LogP contribution in [0.5, 0.6) is 23.0 Å². The zero-order valence-electron chi connectivity index (χ0n) is 16.9. The van der Waals surface area contributed by atoms with Gasteiger partial charge in [-0.2, -0.15) is 0 Å². The topological polar surface area (TPSA) is 80.3 Å². The molecule has 3 aromatic rings. The highest BCUT2D eigenvalue weighted by atomic mass is 32.1. The van der Waals surface area contributed by atoms with E-state index >= 15 is 0 Å². The summed E-state index contributed by atoms with van der Waals surface area (Å²) < 4.78 is 27.4. The average molecular weight is 430 g/mol. The van der Waals surface area contributed by atoms with Gasteiger partial charge >= 0.3 is 6.16 Å². The van der Waals surface area contributed by atoms with Crippen molar-refractivity contribution in [2.75, 3.05) is 19.8 Å². The molecule has 0 unspecified atom stereocenters. The van der Waals surface area contributed by atoms with E-state index in [2.05, 4.69) is 0 Å². The molecule has 8 heteroatoms. The third-order valence-electron chi connectivity index (χ3n) is 4.05. The van der Waals surface area contributed by atoms with Gasteiger partial charge in [0.05, 0.1) is 19.8 Å². The molecule has 7 nitrogen and oxygen atoms in total. The predicted molar refractivity (Wildman–Crippen MR) is 114 cm³/mol. The number of carbonyl (C=O) groups excluding carboxylic acids is 2. The summed E-state index contributed by atoms with van der Waals surface area (Å²) in [6, 6.07) is 10.9. The van der Waals surface area contributed by atoms with Gasteiger partial charge in [-0.05, 0) is 56.7 Å². The molecule has 1 aromatic heterocycles. The van der Waals surface area contributed by atoms with Gasteiger partial charge in [0.1, 0.15) is 5.75 Å². The standard InChI is InChI=1S/C22H22O7S/c1-4-25-17-12-19-16(20(26-5-2)21(17)28-13-23)11-18(30-19)14-7-9-15(10-8-14)29-22(24)27-6-3/h7-13H,4-6H2,1-3H3. The smallest absolute Gasteiger partial charge is 0.490 e. The zero-order valence-corrected chi connectivity index (χ0v) is 17.7. The van der Waals surface area contributed by atoms with Gasteiger partial charge in [-0.25, -0.2) is 4.79 Å². The number of benzene rings is 2. The number of carbonyl (C=O) groups is 2. The Hall–Kier alpha value is -3.26. The van der Waals surface area contributed by atoms with Crippen LogP contribution in [0.15, 0.2) is 36.4 Å². The van der Waals surface area contributed by atoms with Gasteiger partial charge in [0.25, 0.3) is 6.47 Å². The van der Waals surface area contributed by atoms with Crippen LogP contribution in [0, 0.1) is 0 Å². The first-order valence-electron chi connectivity index (χ1n) is 9.52. The van der Waals surface area contributed by atoms with Crippen molar-refractivity contribution in [3.63, 3.8) is 0 Å². The highest BCUT2D eigenvalue weighted by Crippen LogP contribution is 2.48. The quantitative estimate of drug-likeness (QED) is 0.254. The van der Waals surface area contributed by atoms with Crippen LogP contribution in [-0.2, 0) is 9.53 Å². The molecule has 0 N–H and O–H groups in total. The monoisotopic (exact) mass is 430 g/mol. The molecule has 0 aliphatic heterocycles. The van der Waals surface area contributed by atoms with Gasteiger partial charge in [-0.3, -0.25) is 4.79 Å². The van der Waals surface area contributed by atoms with Gasteiger partial charge in [0.2, 0.25) is 5.75 Å².